The highest BCUT2D eigenvalue weighted by atomic mass is 35.5. The highest BCUT2D eigenvalue weighted by Gasteiger charge is 2.18. The quantitative estimate of drug-likeness (QED) is 0.499. The zero-order valence-electron chi connectivity index (χ0n) is 9.59. The molecule has 0 saturated heterocycles. The molecule has 1 aromatic carbocycles. The fourth-order valence-electron chi connectivity index (χ4n) is 2.32. The fourth-order valence-corrected chi connectivity index (χ4v) is 2.53. The molecule has 2 heterocycles. The third kappa shape index (κ3) is 1.39. The Balaban J connectivity index is 2.31. The molecular formula is C13H7ClN4O. The number of hydrogen-bond donors (Lipinski definition) is 1. The lowest BCUT2D eigenvalue weighted by atomic mass is 10.1. The van der Waals surface area contributed by atoms with Crippen LogP contribution in [0.2, 0.25) is 0 Å². The zero-order valence-corrected chi connectivity index (χ0v) is 10.3. The Morgan fingerprint density at radius 3 is 2.89 bits per heavy atom. The summed E-state index contributed by atoms with van der Waals surface area (Å²) in [6, 6.07) is 11.2. The fraction of sp³-hybridized carbons (Fsp3) is 0. The lowest BCUT2D eigenvalue weighted by molar-refractivity contribution is 0.893. The summed E-state index contributed by atoms with van der Waals surface area (Å²) in [5.41, 5.74) is 2.15. The van der Waals surface area contributed by atoms with Crippen molar-refractivity contribution in [3.8, 4) is 11.4 Å². The number of aromatic nitrogens is 4. The van der Waals surface area contributed by atoms with Gasteiger partial charge in [0.2, 0.25) is 5.43 Å². The molecule has 1 aliphatic carbocycles. The van der Waals surface area contributed by atoms with Crippen LogP contribution in [-0.2, 0) is 0 Å². The number of pyridine rings is 1. The van der Waals surface area contributed by atoms with Crippen molar-refractivity contribution in [3.63, 3.8) is 0 Å². The first-order valence-corrected chi connectivity index (χ1v) is 6.03. The molecule has 1 aromatic heterocycles. The van der Waals surface area contributed by atoms with Crippen LogP contribution in [0.1, 0.15) is 0 Å². The van der Waals surface area contributed by atoms with E-state index in [2.05, 4.69) is 15.3 Å². The van der Waals surface area contributed by atoms with Gasteiger partial charge in [-0.2, -0.15) is 9.30 Å². The molecule has 2 aliphatic rings. The minimum absolute atomic E-state index is 0.194. The monoisotopic (exact) mass is 270 g/mol. The third-order valence-electron chi connectivity index (χ3n) is 3.18. The molecule has 92 valence electrons. The van der Waals surface area contributed by atoms with Gasteiger partial charge in [0.1, 0.15) is 5.69 Å². The Labute approximate surface area is 111 Å². The molecule has 6 heteroatoms. The van der Waals surface area contributed by atoms with Crippen LogP contribution in [0.4, 0.5) is 0 Å². The average Bonchev–Trinajstić information content (AvgIpc) is 2.80. The van der Waals surface area contributed by atoms with Crippen LogP contribution in [0.15, 0.2) is 41.2 Å². The maximum atomic E-state index is 11.9. The second kappa shape index (κ2) is 3.55. The van der Waals surface area contributed by atoms with E-state index in [0.29, 0.717) is 16.9 Å². The Bertz CT molecular complexity index is 956. The number of nitrogens with one attached hydrogen (secondary N) is 1. The van der Waals surface area contributed by atoms with E-state index in [-0.39, 0.29) is 5.43 Å². The zero-order chi connectivity index (χ0) is 13.0. The van der Waals surface area contributed by atoms with Gasteiger partial charge in [-0.3, -0.25) is 4.79 Å². The lowest BCUT2D eigenvalue weighted by Gasteiger charge is -2.05. The normalized spacial score (nSPS) is 11.6. The van der Waals surface area contributed by atoms with E-state index in [1.165, 1.54) is 10.3 Å². The molecule has 0 saturated carbocycles. The molecule has 0 spiro atoms. The van der Waals surface area contributed by atoms with Gasteiger partial charge in [-0.05, 0) is 12.1 Å². The number of H-pyrrole nitrogens is 1. The van der Waals surface area contributed by atoms with Gasteiger partial charge in [-0.15, -0.1) is 0 Å². The molecule has 0 unspecified atom stereocenters. The van der Waals surface area contributed by atoms with Crippen molar-refractivity contribution < 1.29 is 0 Å². The SMILES string of the molecule is O=c1cc2nc3ccccc3cc2c2n(Cl)[nH]nc1-2. The molecule has 1 aliphatic heterocycles. The van der Waals surface area contributed by atoms with E-state index in [9.17, 15) is 4.79 Å². The molecule has 0 atom stereocenters. The molecule has 1 N–H and O–H groups in total. The van der Waals surface area contributed by atoms with Crippen LogP contribution < -0.4 is 5.43 Å². The lowest BCUT2D eigenvalue weighted by Crippen LogP contribution is -2.06. The number of rotatable bonds is 0. The van der Waals surface area contributed by atoms with E-state index < -0.39 is 0 Å². The number of fused-ring (bicyclic) bond motifs is 4. The van der Waals surface area contributed by atoms with E-state index in [4.69, 9.17) is 11.8 Å². The van der Waals surface area contributed by atoms with Gasteiger partial charge >= 0.3 is 0 Å². The minimum Gasteiger partial charge on any atom is -0.287 e. The van der Waals surface area contributed by atoms with E-state index >= 15 is 0 Å². The summed E-state index contributed by atoms with van der Waals surface area (Å²) in [6.07, 6.45) is 0. The third-order valence-corrected chi connectivity index (χ3v) is 3.42. The first-order chi connectivity index (χ1) is 9.24. The van der Waals surface area contributed by atoms with E-state index in [0.717, 1.165) is 16.3 Å². The van der Waals surface area contributed by atoms with Crippen LogP contribution in [0.25, 0.3) is 33.2 Å². The van der Waals surface area contributed by atoms with Gasteiger partial charge in [0.25, 0.3) is 0 Å². The molecule has 19 heavy (non-hydrogen) atoms. The standard InChI is InChI=1S/C13H7ClN4O/c14-18-13-8-5-7-3-1-2-4-9(7)15-10(8)6-11(19)12(13)16-17-18/h1-6,17H. The van der Waals surface area contributed by atoms with Crippen molar-refractivity contribution in [1.29, 1.82) is 0 Å². The summed E-state index contributed by atoms with van der Waals surface area (Å²) in [7, 11) is 0. The molecule has 0 fully saturated rings. The summed E-state index contributed by atoms with van der Waals surface area (Å²) in [6.45, 7) is 0. The van der Waals surface area contributed by atoms with Crippen LogP contribution in [0, 0.1) is 0 Å². The van der Waals surface area contributed by atoms with Crippen LogP contribution in [-0.4, -0.2) is 19.5 Å². The molecule has 4 rings (SSSR count). The summed E-state index contributed by atoms with van der Waals surface area (Å²) in [5, 5.41) is 8.27. The Hall–Kier alpha value is -2.40. The average molecular weight is 271 g/mol. The van der Waals surface area contributed by atoms with Crippen molar-refractivity contribution in [2.45, 2.75) is 0 Å². The Morgan fingerprint density at radius 2 is 2.00 bits per heavy atom. The highest BCUT2D eigenvalue weighted by molar-refractivity contribution is 6.18. The second-order valence-corrected chi connectivity index (χ2v) is 4.65. The summed E-state index contributed by atoms with van der Waals surface area (Å²) in [4.78, 5) is 16.4. The largest absolute Gasteiger partial charge is 0.287 e. The van der Waals surface area contributed by atoms with Crippen molar-refractivity contribution in [3.05, 3.63) is 46.6 Å². The molecule has 0 bridgehead atoms. The van der Waals surface area contributed by atoms with Gasteiger partial charge in [0.15, 0.2) is 5.69 Å². The Morgan fingerprint density at radius 1 is 1.16 bits per heavy atom. The first-order valence-electron chi connectivity index (χ1n) is 5.70. The smallest absolute Gasteiger partial charge is 0.210 e. The molecule has 0 amide bonds. The number of halogens is 1. The molecule has 0 radical (unpaired) electrons. The van der Waals surface area contributed by atoms with Gasteiger partial charge in [-0.1, -0.05) is 18.2 Å². The topological polar surface area (TPSA) is 63.6 Å². The van der Waals surface area contributed by atoms with Crippen molar-refractivity contribution in [2.24, 2.45) is 0 Å². The predicted octanol–water partition coefficient (Wildman–Crippen LogP) is 2.38. The molecular weight excluding hydrogens is 264 g/mol. The van der Waals surface area contributed by atoms with Gasteiger partial charge in [-0.25, -0.2) is 10.2 Å². The van der Waals surface area contributed by atoms with Crippen LogP contribution in [0.5, 0.6) is 0 Å². The number of benzene rings is 2. The Kier molecular flexibility index (Phi) is 1.97. The highest BCUT2D eigenvalue weighted by Crippen LogP contribution is 2.28. The van der Waals surface area contributed by atoms with Crippen LogP contribution in [0.3, 0.4) is 0 Å². The van der Waals surface area contributed by atoms with Crippen molar-refractivity contribution >= 4 is 33.6 Å². The maximum Gasteiger partial charge on any atom is 0.210 e. The van der Waals surface area contributed by atoms with Gasteiger partial charge in [0, 0.05) is 28.6 Å². The van der Waals surface area contributed by atoms with E-state index in [1.54, 1.807) is 0 Å². The number of nitrogens with zero attached hydrogens (tertiary/aromatic N) is 3. The summed E-state index contributed by atoms with van der Waals surface area (Å²) >= 11 is 6.01. The predicted molar refractivity (Wildman–Crippen MR) is 73.5 cm³/mol. The molecule has 2 aromatic rings. The number of para-hydroxylation sites is 1. The summed E-state index contributed by atoms with van der Waals surface area (Å²) in [5.74, 6) is 0. The first kappa shape index (κ1) is 10.5. The van der Waals surface area contributed by atoms with Crippen molar-refractivity contribution in [2.75, 3.05) is 0 Å². The minimum atomic E-state index is -0.194. The van der Waals surface area contributed by atoms with Crippen LogP contribution >= 0.6 is 11.8 Å². The molecule has 5 nitrogen and oxygen atoms in total. The van der Waals surface area contributed by atoms with Crippen molar-refractivity contribution in [1.82, 2.24) is 19.5 Å². The number of aromatic amines is 1. The number of hydrogen-bond acceptors (Lipinski definition) is 3. The summed E-state index contributed by atoms with van der Waals surface area (Å²) < 4.78 is 1.22. The van der Waals surface area contributed by atoms with Gasteiger partial charge in [0.05, 0.1) is 11.0 Å². The van der Waals surface area contributed by atoms with Gasteiger partial charge < -0.3 is 0 Å². The second-order valence-electron chi connectivity index (χ2n) is 4.31. The maximum absolute atomic E-state index is 11.9. The van der Waals surface area contributed by atoms with E-state index in [1.807, 2.05) is 30.3 Å².